The van der Waals surface area contributed by atoms with Crippen molar-refractivity contribution in [3.8, 4) is 0 Å². The molecule has 0 saturated carbocycles. The Balaban J connectivity index is 3.43. The molecule has 0 aliphatic rings. The maximum Gasteiger partial charge on any atom is 0.239 e. The van der Waals surface area contributed by atoms with Gasteiger partial charge in [-0.05, 0) is 6.92 Å². The van der Waals surface area contributed by atoms with E-state index in [1.807, 2.05) is 6.92 Å². The summed E-state index contributed by atoms with van der Waals surface area (Å²) in [4.78, 5) is 32.8. The van der Waals surface area contributed by atoms with Crippen molar-refractivity contribution in [3.05, 3.63) is 0 Å². The zero-order valence-corrected chi connectivity index (χ0v) is 11.1. The van der Waals surface area contributed by atoms with Crippen LogP contribution in [0.15, 0.2) is 0 Å². The van der Waals surface area contributed by atoms with Gasteiger partial charge in [-0.15, -0.1) is 0 Å². The molecule has 0 aliphatic heterocycles. The van der Waals surface area contributed by atoms with E-state index in [0.717, 1.165) is 0 Å². The van der Waals surface area contributed by atoms with Crippen molar-refractivity contribution in [2.24, 2.45) is 5.73 Å². The van der Waals surface area contributed by atoms with E-state index in [9.17, 15) is 14.4 Å². The van der Waals surface area contributed by atoms with Crippen LogP contribution >= 0.6 is 0 Å². The first-order valence-electron chi connectivity index (χ1n) is 6.03. The average Bonchev–Trinajstić information content (AvgIpc) is 2.38. The second-order valence-electron chi connectivity index (χ2n) is 3.58. The van der Waals surface area contributed by atoms with E-state index in [2.05, 4.69) is 10.6 Å². The highest BCUT2D eigenvalue weighted by Crippen LogP contribution is 1.84. The third-order valence-corrected chi connectivity index (χ3v) is 1.96. The SMILES string of the molecule is CCOCCOCCC(=O)NCC(=O)NCC(N)=O. The standard InChI is InChI=1S/C11H21N3O5/c1-2-18-5-6-19-4-3-10(16)14-8-11(17)13-7-9(12)15/h2-8H2,1H3,(H2,12,15)(H,13,17)(H,14,16). The van der Waals surface area contributed by atoms with Crippen molar-refractivity contribution in [1.82, 2.24) is 10.6 Å². The van der Waals surface area contributed by atoms with E-state index in [4.69, 9.17) is 15.2 Å². The van der Waals surface area contributed by atoms with Gasteiger partial charge in [0.15, 0.2) is 0 Å². The Morgan fingerprint density at radius 2 is 1.58 bits per heavy atom. The van der Waals surface area contributed by atoms with Crippen molar-refractivity contribution >= 4 is 17.7 Å². The third-order valence-electron chi connectivity index (χ3n) is 1.96. The van der Waals surface area contributed by atoms with E-state index in [1.54, 1.807) is 0 Å². The molecule has 0 aromatic carbocycles. The molecule has 0 bridgehead atoms. The number of amides is 3. The van der Waals surface area contributed by atoms with E-state index in [1.165, 1.54) is 0 Å². The summed E-state index contributed by atoms with van der Waals surface area (Å²) in [7, 11) is 0. The molecule has 0 aromatic heterocycles. The summed E-state index contributed by atoms with van der Waals surface area (Å²) in [6.45, 7) is 3.27. The van der Waals surface area contributed by atoms with Crippen LogP contribution in [0.4, 0.5) is 0 Å². The lowest BCUT2D eigenvalue weighted by Gasteiger charge is -2.06. The molecular weight excluding hydrogens is 254 g/mol. The van der Waals surface area contributed by atoms with Crippen molar-refractivity contribution in [3.63, 3.8) is 0 Å². The number of rotatable bonds is 11. The zero-order chi connectivity index (χ0) is 14.5. The quantitative estimate of drug-likeness (QED) is 0.382. The minimum absolute atomic E-state index is 0.162. The highest BCUT2D eigenvalue weighted by molar-refractivity contribution is 5.87. The number of hydrogen-bond donors (Lipinski definition) is 3. The van der Waals surface area contributed by atoms with Crippen LogP contribution in [0.5, 0.6) is 0 Å². The third kappa shape index (κ3) is 12.6. The summed E-state index contributed by atoms with van der Waals surface area (Å²) in [5, 5.41) is 4.65. The molecule has 110 valence electrons. The monoisotopic (exact) mass is 275 g/mol. The first-order valence-corrected chi connectivity index (χ1v) is 6.03. The first kappa shape index (κ1) is 17.3. The predicted octanol–water partition coefficient (Wildman–Crippen LogP) is -1.85. The normalized spacial score (nSPS) is 9.95. The second-order valence-corrected chi connectivity index (χ2v) is 3.58. The van der Waals surface area contributed by atoms with Crippen LogP contribution < -0.4 is 16.4 Å². The molecular formula is C11H21N3O5. The van der Waals surface area contributed by atoms with Gasteiger partial charge in [-0.1, -0.05) is 0 Å². The van der Waals surface area contributed by atoms with Gasteiger partial charge in [0.25, 0.3) is 0 Å². The smallest absolute Gasteiger partial charge is 0.239 e. The van der Waals surface area contributed by atoms with Gasteiger partial charge in [0.05, 0.1) is 32.9 Å². The Morgan fingerprint density at radius 3 is 2.21 bits per heavy atom. The fourth-order valence-electron chi connectivity index (χ4n) is 1.04. The summed E-state index contributed by atoms with van der Waals surface area (Å²) < 4.78 is 10.2. The van der Waals surface area contributed by atoms with Gasteiger partial charge in [0, 0.05) is 13.0 Å². The van der Waals surface area contributed by atoms with E-state index in [0.29, 0.717) is 19.8 Å². The van der Waals surface area contributed by atoms with Gasteiger partial charge in [0.2, 0.25) is 17.7 Å². The average molecular weight is 275 g/mol. The van der Waals surface area contributed by atoms with Crippen LogP contribution in [-0.4, -0.2) is 57.2 Å². The van der Waals surface area contributed by atoms with Crippen molar-refractivity contribution in [2.45, 2.75) is 13.3 Å². The Labute approximate surface area is 112 Å². The molecule has 0 heterocycles. The van der Waals surface area contributed by atoms with Crippen molar-refractivity contribution < 1.29 is 23.9 Å². The Bertz CT molecular complexity index is 296. The minimum atomic E-state index is -0.637. The molecule has 3 amide bonds. The molecule has 0 aromatic rings. The van der Waals surface area contributed by atoms with Crippen LogP contribution in [0.1, 0.15) is 13.3 Å². The fourth-order valence-corrected chi connectivity index (χ4v) is 1.04. The summed E-state index contributed by atoms with van der Waals surface area (Å²) in [5.74, 6) is -1.41. The van der Waals surface area contributed by atoms with E-state index < -0.39 is 11.8 Å². The fraction of sp³-hybridized carbons (Fsp3) is 0.727. The first-order chi connectivity index (χ1) is 9.06. The Kier molecular flexibility index (Phi) is 10.4. The van der Waals surface area contributed by atoms with Gasteiger partial charge in [-0.3, -0.25) is 14.4 Å². The molecule has 0 fully saturated rings. The summed E-state index contributed by atoms with van der Waals surface area (Å²) in [5.41, 5.74) is 4.84. The summed E-state index contributed by atoms with van der Waals surface area (Å²) in [6, 6.07) is 0. The van der Waals surface area contributed by atoms with Crippen molar-refractivity contribution in [2.75, 3.05) is 39.5 Å². The van der Waals surface area contributed by atoms with Gasteiger partial charge in [-0.2, -0.15) is 0 Å². The minimum Gasteiger partial charge on any atom is -0.379 e. The van der Waals surface area contributed by atoms with E-state index in [-0.39, 0.29) is 32.0 Å². The number of ether oxygens (including phenoxy) is 2. The highest BCUT2D eigenvalue weighted by Gasteiger charge is 2.05. The number of nitrogens with two attached hydrogens (primary N) is 1. The molecule has 19 heavy (non-hydrogen) atoms. The van der Waals surface area contributed by atoms with Crippen molar-refractivity contribution in [1.29, 1.82) is 0 Å². The van der Waals surface area contributed by atoms with Crippen LogP contribution in [0.25, 0.3) is 0 Å². The van der Waals surface area contributed by atoms with Crippen LogP contribution in [0.3, 0.4) is 0 Å². The van der Waals surface area contributed by atoms with Gasteiger partial charge >= 0.3 is 0 Å². The van der Waals surface area contributed by atoms with Crippen LogP contribution in [0, 0.1) is 0 Å². The number of primary amides is 1. The molecule has 4 N–H and O–H groups in total. The molecule has 0 unspecified atom stereocenters. The molecule has 0 spiro atoms. The molecule has 8 nitrogen and oxygen atoms in total. The van der Waals surface area contributed by atoms with Gasteiger partial charge in [-0.25, -0.2) is 0 Å². The van der Waals surface area contributed by atoms with Crippen LogP contribution in [-0.2, 0) is 23.9 Å². The molecule has 0 aliphatic carbocycles. The number of nitrogens with one attached hydrogen (secondary N) is 2. The molecule has 0 saturated heterocycles. The maximum atomic E-state index is 11.3. The number of carbonyl (C=O) groups is 3. The number of hydrogen-bond acceptors (Lipinski definition) is 5. The largest absolute Gasteiger partial charge is 0.379 e. The van der Waals surface area contributed by atoms with Gasteiger partial charge < -0.3 is 25.8 Å². The molecule has 0 radical (unpaired) electrons. The number of carbonyl (C=O) groups excluding carboxylic acids is 3. The Hall–Kier alpha value is -1.67. The second kappa shape index (κ2) is 11.4. The lowest BCUT2D eigenvalue weighted by atomic mass is 10.4. The highest BCUT2D eigenvalue weighted by atomic mass is 16.5. The zero-order valence-electron chi connectivity index (χ0n) is 11.1. The Morgan fingerprint density at radius 1 is 0.947 bits per heavy atom. The maximum absolute atomic E-state index is 11.3. The molecule has 8 heteroatoms. The lowest BCUT2D eigenvalue weighted by Crippen LogP contribution is -2.40. The van der Waals surface area contributed by atoms with Gasteiger partial charge in [0.1, 0.15) is 0 Å². The predicted molar refractivity (Wildman–Crippen MR) is 67.1 cm³/mol. The van der Waals surface area contributed by atoms with Crippen LogP contribution in [0.2, 0.25) is 0 Å². The molecule has 0 atom stereocenters. The lowest BCUT2D eigenvalue weighted by molar-refractivity contribution is -0.127. The van der Waals surface area contributed by atoms with E-state index >= 15 is 0 Å². The summed E-state index contributed by atoms with van der Waals surface area (Å²) in [6.07, 6.45) is 0.162. The summed E-state index contributed by atoms with van der Waals surface area (Å²) >= 11 is 0. The topological polar surface area (TPSA) is 120 Å². The molecule has 0 rings (SSSR count).